The third-order valence-corrected chi connectivity index (χ3v) is 7.49. The highest BCUT2D eigenvalue weighted by Gasteiger charge is 2.42. The molecule has 5 N–H and O–H groups in total. The maximum atomic E-state index is 11.1. The van der Waals surface area contributed by atoms with Crippen LogP contribution in [0.3, 0.4) is 0 Å². The molecule has 4 aromatic rings. The van der Waals surface area contributed by atoms with Gasteiger partial charge in [0, 0.05) is 23.7 Å². The van der Waals surface area contributed by atoms with Gasteiger partial charge in [0.15, 0.2) is 5.65 Å². The molecule has 186 valence electrons. The van der Waals surface area contributed by atoms with Crippen molar-refractivity contribution in [1.82, 2.24) is 14.6 Å². The van der Waals surface area contributed by atoms with Gasteiger partial charge in [-0.15, -0.1) is 0 Å². The minimum absolute atomic E-state index is 0.279. The monoisotopic (exact) mass is 507 g/mol. The molecule has 0 spiro atoms. The van der Waals surface area contributed by atoms with Gasteiger partial charge in [-0.3, -0.25) is 4.18 Å². The topological polar surface area (TPSA) is 152 Å². The number of hydrogen-bond donors (Lipinski definition) is 4. The molecule has 0 bridgehead atoms. The summed E-state index contributed by atoms with van der Waals surface area (Å²) in [7, 11) is -4.14. The van der Waals surface area contributed by atoms with Crippen LogP contribution in [0.15, 0.2) is 60.8 Å². The first-order valence-corrected chi connectivity index (χ1v) is 13.1. The molecule has 2 aliphatic carbocycles. The highest BCUT2D eigenvalue weighted by molar-refractivity contribution is 7.84. The van der Waals surface area contributed by atoms with Crippen LogP contribution in [-0.4, -0.2) is 58.1 Å². The minimum atomic E-state index is -4.14. The Balaban J connectivity index is 1.25. The van der Waals surface area contributed by atoms with E-state index in [4.69, 9.17) is 10.2 Å². The van der Waals surface area contributed by atoms with Crippen LogP contribution < -0.4 is 10.5 Å². The summed E-state index contributed by atoms with van der Waals surface area (Å²) < 4.78 is 28.5. The number of benzene rings is 2. The first kappa shape index (κ1) is 23.1. The number of aliphatic hydroxyl groups is 2. The highest BCUT2D eigenvalue weighted by Crippen LogP contribution is 2.38. The second-order valence-corrected chi connectivity index (χ2v) is 10.6. The van der Waals surface area contributed by atoms with E-state index in [1.165, 1.54) is 22.3 Å². The molecule has 36 heavy (non-hydrogen) atoms. The zero-order valence-electron chi connectivity index (χ0n) is 19.2. The van der Waals surface area contributed by atoms with Crippen molar-refractivity contribution in [2.24, 2.45) is 11.1 Å². The van der Waals surface area contributed by atoms with Crippen LogP contribution in [0.2, 0.25) is 0 Å². The summed E-state index contributed by atoms with van der Waals surface area (Å²) in [6.45, 7) is -0.310. The predicted molar refractivity (Wildman–Crippen MR) is 133 cm³/mol. The number of anilines is 1. The van der Waals surface area contributed by atoms with Gasteiger partial charge in [0.2, 0.25) is 0 Å². The maximum absolute atomic E-state index is 11.1. The largest absolute Gasteiger partial charge is 0.390 e. The Bertz CT molecular complexity index is 1570. The lowest BCUT2D eigenvalue weighted by Crippen LogP contribution is -2.36. The highest BCUT2D eigenvalue weighted by atomic mass is 32.2. The molecule has 1 fully saturated rings. The van der Waals surface area contributed by atoms with E-state index in [1.54, 1.807) is 16.8 Å². The number of nitrogens with two attached hydrogens (primary N) is 1. The van der Waals surface area contributed by atoms with E-state index in [2.05, 4.69) is 56.9 Å². The standard InChI is InChI=1S/C25H25N5O5S/c26-36(33,34)35-13-17-11-21(25(32)24(17)31)28-22-7-8-27-23-12-20(29-30(22)23)15-5-6-19-16(10-15)9-14-3-1-2-4-18(14)19/h1-8,10,12,17,21,24-25,28,31-32H,9,11,13H2,(H2,26,33,34)/t17-,21-,24-,25+/m1/s1. The number of hydrogen-bond acceptors (Lipinski definition) is 8. The van der Waals surface area contributed by atoms with Gasteiger partial charge in [0.25, 0.3) is 0 Å². The van der Waals surface area contributed by atoms with Gasteiger partial charge in [-0.05, 0) is 47.2 Å². The summed E-state index contributed by atoms with van der Waals surface area (Å²) in [6.07, 6.45) is 0.514. The Kier molecular flexibility index (Phi) is 5.54. The molecule has 1 saturated carbocycles. The van der Waals surface area contributed by atoms with Crippen LogP contribution in [0.4, 0.5) is 5.82 Å². The van der Waals surface area contributed by atoms with Crippen molar-refractivity contribution >= 4 is 21.8 Å². The van der Waals surface area contributed by atoms with Crippen molar-refractivity contribution in [3.05, 3.63) is 71.9 Å². The molecule has 0 unspecified atom stereocenters. The molecule has 11 heteroatoms. The van der Waals surface area contributed by atoms with E-state index < -0.39 is 34.5 Å². The second kappa shape index (κ2) is 8.64. The van der Waals surface area contributed by atoms with Crippen molar-refractivity contribution in [1.29, 1.82) is 0 Å². The molecule has 4 atom stereocenters. The lowest BCUT2D eigenvalue weighted by atomic mass is 10.0. The van der Waals surface area contributed by atoms with Crippen molar-refractivity contribution in [3.63, 3.8) is 0 Å². The zero-order valence-corrected chi connectivity index (χ0v) is 20.0. The van der Waals surface area contributed by atoms with E-state index in [1.807, 2.05) is 6.07 Å². The Labute approximate surface area is 207 Å². The van der Waals surface area contributed by atoms with Crippen LogP contribution >= 0.6 is 0 Å². The lowest BCUT2D eigenvalue weighted by Gasteiger charge is -2.19. The molecule has 10 nitrogen and oxygen atoms in total. The molecule has 6 rings (SSSR count). The average molecular weight is 508 g/mol. The van der Waals surface area contributed by atoms with E-state index in [0.717, 1.165) is 17.7 Å². The van der Waals surface area contributed by atoms with E-state index in [0.29, 0.717) is 11.5 Å². The maximum Gasteiger partial charge on any atom is 0.333 e. The summed E-state index contributed by atoms with van der Waals surface area (Å²) in [4.78, 5) is 4.42. The molecule has 0 saturated heterocycles. The molecule has 2 heterocycles. The molecule has 0 amide bonds. The summed E-state index contributed by atoms with van der Waals surface area (Å²) in [5.74, 6) is -0.0130. The van der Waals surface area contributed by atoms with Gasteiger partial charge in [0.05, 0.1) is 24.4 Å². The van der Waals surface area contributed by atoms with Crippen LogP contribution in [0.5, 0.6) is 0 Å². The fraction of sp³-hybridized carbons (Fsp3) is 0.280. The Morgan fingerprint density at radius 2 is 1.86 bits per heavy atom. The summed E-state index contributed by atoms with van der Waals surface area (Å²) in [5, 5.41) is 33.8. The Morgan fingerprint density at radius 3 is 2.69 bits per heavy atom. The number of rotatable bonds is 6. The summed E-state index contributed by atoms with van der Waals surface area (Å²) in [6, 6.07) is 17.9. The molecule has 2 aromatic heterocycles. The quantitative estimate of drug-likeness (QED) is 0.271. The van der Waals surface area contributed by atoms with Gasteiger partial charge >= 0.3 is 10.3 Å². The third-order valence-electron chi connectivity index (χ3n) is 7.03. The lowest BCUT2D eigenvalue weighted by molar-refractivity contribution is 0.00777. The first-order valence-electron chi connectivity index (χ1n) is 11.6. The SMILES string of the molecule is NS(=O)(=O)OC[C@H]1C[C@@H](Nc2ccnc3cc(-c4ccc5c(c4)Cc4ccccc4-5)nn23)[C@H](O)[C@@H]1O. The van der Waals surface area contributed by atoms with E-state index >= 15 is 0 Å². The van der Waals surface area contributed by atoms with Crippen LogP contribution in [0, 0.1) is 5.92 Å². The van der Waals surface area contributed by atoms with Crippen molar-refractivity contribution in [2.75, 3.05) is 11.9 Å². The smallest absolute Gasteiger partial charge is 0.333 e. The predicted octanol–water partition coefficient (Wildman–Crippen LogP) is 1.71. The van der Waals surface area contributed by atoms with Crippen molar-refractivity contribution in [2.45, 2.75) is 31.1 Å². The van der Waals surface area contributed by atoms with Gasteiger partial charge in [-0.1, -0.05) is 36.4 Å². The van der Waals surface area contributed by atoms with Crippen LogP contribution in [0.25, 0.3) is 28.0 Å². The normalized spacial score (nSPS) is 23.1. The summed E-state index contributed by atoms with van der Waals surface area (Å²) in [5.41, 5.74) is 7.46. The minimum Gasteiger partial charge on any atom is -0.390 e. The number of nitrogens with one attached hydrogen (secondary N) is 1. The number of fused-ring (bicyclic) bond motifs is 4. The summed E-state index contributed by atoms with van der Waals surface area (Å²) >= 11 is 0. The van der Waals surface area contributed by atoms with Gasteiger partial charge in [-0.2, -0.15) is 18.0 Å². The van der Waals surface area contributed by atoms with Gasteiger partial charge in [-0.25, -0.2) is 10.1 Å². The third kappa shape index (κ3) is 4.14. The fourth-order valence-corrected chi connectivity index (χ4v) is 5.62. The Hall–Kier alpha value is -3.35. The molecule has 2 aliphatic rings. The number of aromatic nitrogens is 3. The van der Waals surface area contributed by atoms with Gasteiger partial charge in [0.1, 0.15) is 11.9 Å². The average Bonchev–Trinajstić information content (AvgIpc) is 3.52. The second-order valence-electron chi connectivity index (χ2n) is 9.34. The van der Waals surface area contributed by atoms with E-state index in [-0.39, 0.29) is 13.0 Å². The first-order chi connectivity index (χ1) is 17.3. The number of aliphatic hydroxyl groups excluding tert-OH is 2. The van der Waals surface area contributed by atoms with Crippen LogP contribution in [-0.2, 0) is 20.9 Å². The van der Waals surface area contributed by atoms with Crippen molar-refractivity contribution in [3.8, 4) is 22.4 Å². The van der Waals surface area contributed by atoms with Crippen LogP contribution in [0.1, 0.15) is 17.5 Å². The molecular formula is C25H25N5O5S. The zero-order chi connectivity index (χ0) is 25.0. The Morgan fingerprint density at radius 1 is 1.06 bits per heavy atom. The fourth-order valence-electron chi connectivity index (χ4n) is 5.26. The van der Waals surface area contributed by atoms with Crippen molar-refractivity contribution < 1.29 is 22.8 Å². The molecule has 0 aliphatic heterocycles. The molecule has 2 aromatic carbocycles. The van der Waals surface area contributed by atoms with Gasteiger partial charge < -0.3 is 15.5 Å². The number of nitrogens with zero attached hydrogens (tertiary/aromatic N) is 3. The molecular weight excluding hydrogens is 482 g/mol. The van der Waals surface area contributed by atoms with E-state index in [9.17, 15) is 18.6 Å². The molecule has 0 radical (unpaired) electrons.